The number of hydrogen-bond acceptors (Lipinski definition) is 1. The summed E-state index contributed by atoms with van der Waals surface area (Å²) < 4.78 is 7.41. The molecular weight excluding hydrogens is 186 g/mol. The van der Waals surface area contributed by atoms with Gasteiger partial charge in [-0.25, -0.2) is 0 Å². The zero-order valence-corrected chi connectivity index (χ0v) is 9.10. The maximum Gasteiger partial charge on any atom is 0.198 e. The Morgan fingerprint density at radius 2 is 2.13 bits per heavy atom. The molecule has 0 aliphatic rings. The minimum atomic E-state index is 0.876. The van der Waals surface area contributed by atoms with Crippen LogP contribution in [0.1, 0.15) is 13.3 Å². The average molecular weight is 201 g/mol. The largest absolute Gasteiger partial charge is 0.482 e. The van der Waals surface area contributed by atoms with Crippen LogP contribution < -0.4 is 4.74 Å². The monoisotopic (exact) mass is 201 g/mol. The first kappa shape index (κ1) is 9.84. The van der Waals surface area contributed by atoms with Gasteiger partial charge in [0.25, 0.3) is 0 Å². The summed E-state index contributed by atoms with van der Waals surface area (Å²) >= 11 is 0. The van der Waals surface area contributed by atoms with Crippen molar-refractivity contribution in [1.29, 1.82) is 0 Å². The van der Waals surface area contributed by atoms with E-state index in [1.165, 1.54) is 10.9 Å². The molecule has 2 aromatic rings. The lowest BCUT2D eigenvalue weighted by Gasteiger charge is -2.02. The first-order valence-electron chi connectivity index (χ1n) is 5.17. The molecule has 0 atom stereocenters. The SMILES string of the molecule is CC/C=C/n1c(OC)cc2ccccc21. The average Bonchev–Trinajstić information content (AvgIpc) is 2.64. The van der Waals surface area contributed by atoms with Crippen LogP contribution >= 0.6 is 0 Å². The van der Waals surface area contributed by atoms with Crippen molar-refractivity contribution in [3.8, 4) is 5.88 Å². The van der Waals surface area contributed by atoms with Gasteiger partial charge < -0.3 is 4.74 Å². The number of ether oxygens (including phenoxy) is 1. The van der Waals surface area contributed by atoms with Crippen LogP contribution in [-0.4, -0.2) is 11.7 Å². The maximum atomic E-state index is 5.34. The Kier molecular flexibility index (Phi) is 2.77. The first-order chi connectivity index (χ1) is 7.36. The van der Waals surface area contributed by atoms with Gasteiger partial charge in [0.1, 0.15) is 0 Å². The highest BCUT2D eigenvalue weighted by molar-refractivity contribution is 5.84. The minimum absolute atomic E-state index is 0.876. The van der Waals surface area contributed by atoms with Crippen molar-refractivity contribution < 1.29 is 4.74 Å². The highest BCUT2D eigenvalue weighted by Gasteiger charge is 2.05. The second-order valence-corrected chi connectivity index (χ2v) is 3.41. The normalized spacial score (nSPS) is 11.3. The number of allylic oxidation sites excluding steroid dienone is 1. The van der Waals surface area contributed by atoms with Crippen molar-refractivity contribution in [1.82, 2.24) is 4.57 Å². The molecule has 0 saturated carbocycles. The van der Waals surface area contributed by atoms with Gasteiger partial charge in [-0.3, -0.25) is 4.57 Å². The van der Waals surface area contributed by atoms with Gasteiger partial charge in [0.2, 0.25) is 0 Å². The van der Waals surface area contributed by atoms with Crippen LogP contribution in [-0.2, 0) is 0 Å². The summed E-state index contributed by atoms with van der Waals surface area (Å²) in [7, 11) is 1.70. The predicted octanol–water partition coefficient (Wildman–Crippen LogP) is 3.53. The highest BCUT2D eigenvalue weighted by atomic mass is 16.5. The molecule has 78 valence electrons. The lowest BCUT2D eigenvalue weighted by atomic mass is 10.2. The number of aromatic nitrogens is 1. The van der Waals surface area contributed by atoms with Crippen LogP contribution in [0.2, 0.25) is 0 Å². The van der Waals surface area contributed by atoms with Gasteiger partial charge in [-0.15, -0.1) is 0 Å². The molecule has 0 radical (unpaired) electrons. The Balaban J connectivity index is 2.61. The summed E-state index contributed by atoms with van der Waals surface area (Å²) in [6, 6.07) is 10.3. The summed E-state index contributed by atoms with van der Waals surface area (Å²) in [5.74, 6) is 0.876. The van der Waals surface area contributed by atoms with Crippen molar-refractivity contribution in [3.05, 3.63) is 36.4 Å². The number of methoxy groups -OCH3 is 1. The van der Waals surface area contributed by atoms with Crippen LogP contribution in [0.4, 0.5) is 0 Å². The van der Waals surface area contributed by atoms with Gasteiger partial charge >= 0.3 is 0 Å². The van der Waals surface area contributed by atoms with Crippen LogP contribution in [0, 0.1) is 0 Å². The third-order valence-electron chi connectivity index (χ3n) is 2.41. The van der Waals surface area contributed by atoms with Crippen molar-refractivity contribution in [2.45, 2.75) is 13.3 Å². The molecule has 0 N–H and O–H groups in total. The lowest BCUT2D eigenvalue weighted by Crippen LogP contribution is -1.91. The van der Waals surface area contributed by atoms with Crippen molar-refractivity contribution in [2.24, 2.45) is 0 Å². The molecule has 0 fully saturated rings. The van der Waals surface area contributed by atoms with E-state index in [1.807, 2.05) is 12.1 Å². The van der Waals surface area contributed by atoms with E-state index in [4.69, 9.17) is 4.74 Å². The van der Waals surface area contributed by atoms with E-state index in [9.17, 15) is 0 Å². The Morgan fingerprint density at radius 1 is 1.33 bits per heavy atom. The molecule has 1 aromatic heterocycles. The van der Waals surface area contributed by atoms with E-state index < -0.39 is 0 Å². The van der Waals surface area contributed by atoms with Crippen molar-refractivity contribution in [2.75, 3.05) is 7.11 Å². The summed E-state index contributed by atoms with van der Waals surface area (Å²) in [5, 5.41) is 1.20. The molecule has 0 spiro atoms. The van der Waals surface area contributed by atoms with E-state index in [1.54, 1.807) is 7.11 Å². The smallest absolute Gasteiger partial charge is 0.198 e. The van der Waals surface area contributed by atoms with Crippen molar-refractivity contribution >= 4 is 17.1 Å². The third kappa shape index (κ3) is 1.75. The fraction of sp³-hybridized carbons (Fsp3) is 0.231. The number of nitrogens with zero attached hydrogens (tertiary/aromatic N) is 1. The van der Waals surface area contributed by atoms with Gasteiger partial charge in [0.05, 0.1) is 12.6 Å². The van der Waals surface area contributed by atoms with Crippen LogP contribution in [0.15, 0.2) is 36.4 Å². The van der Waals surface area contributed by atoms with Gasteiger partial charge in [0, 0.05) is 17.7 Å². The van der Waals surface area contributed by atoms with E-state index in [2.05, 4.69) is 42.0 Å². The van der Waals surface area contributed by atoms with Crippen LogP contribution in [0.25, 0.3) is 17.1 Å². The summed E-state index contributed by atoms with van der Waals surface area (Å²) in [6.45, 7) is 2.12. The molecule has 0 aliphatic heterocycles. The Bertz CT molecular complexity index is 482. The second kappa shape index (κ2) is 4.22. The topological polar surface area (TPSA) is 14.2 Å². The Labute approximate surface area is 89.8 Å². The highest BCUT2D eigenvalue weighted by Crippen LogP contribution is 2.25. The summed E-state index contributed by atoms with van der Waals surface area (Å²) in [6.07, 6.45) is 5.20. The molecule has 0 aliphatic carbocycles. The fourth-order valence-electron chi connectivity index (χ4n) is 1.67. The summed E-state index contributed by atoms with van der Waals surface area (Å²) in [4.78, 5) is 0. The molecule has 1 aromatic carbocycles. The Hall–Kier alpha value is -1.70. The molecule has 2 nitrogen and oxygen atoms in total. The van der Waals surface area contributed by atoms with E-state index in [-0.39, 0.29) is 0 Å². The maximum absolute atomic E-state index is 5.34. The lowest BCUT2D eigenvalue weighted by molar-refractivity contribution is 0.394. The second-order valence-electron chi connectivity index (χ2n) is 3.41. The third-order valence-corrected chi connectivity index (χ3v) is 2.41. The summed E-state index contributed by atoms with van der Waals surface area (Å²) in [5.41, 5.74) is 1.18. The number of para-hydroxylation sites is 1. The first-order valence-corrected chi connectivity index (χ1v) is 5.17. The predicted molar refractivity (Wildman–Crippen MR) is 64.1 cm³/mol. The molecule has 0 amide bonds. The molecular formula is C13H15NO. The van der Waals surface area contributed by atoms with Crippen LogP contribution in [0.5, 0.6) is 5.88 Å². The quantitative estimate of drug-likeness (QED) is 0.741. The van der Waals surface area contributed by atoms with E-state index in [0.717, 1.165) is 12.3 Å². The van der Waals surface area contributed by atoms with Gasteiger partial charge in [-0.05, 0) is 12.5 Å². The number of rotatable bonds is 3. The minimum Gasteiger partial charge on any atom is -0.482 e. The van der Waals surface area contributed by atoms with E-state index >= 15 is 0 Å². The Morgan fingerprint density at radius 3 is 2.87 bits per heavy atom. The molecule has 0 saturated heterocycles. The fourth-order valence-corrected chi connectivity index (χ4v) is 1.67. The number of benzene rings is 1. The number of fused-ring (bicyclic) bond motifs is 1. The van der Waals surface area contributed by atoms with Gasteiger partial charge in [-0.2, -0.15) is 0 Å². The molecule has 2 heteroatoms. The zero-order chi connectivity index (χ0) is 10.7. The van der Waals surface area contributed by atoms with E-state index in [0.29, 0.717) is 0 Å². The molecule has 0 unspecified atom stereocenters. The molecule has 0 bridgehead atoms. The standard InChI is InChI=1S/C13H15NO/c1-3-4-9-14-12-8-6-5-7-11(12)10-13(14)15-2/h4-10H,3H2,1-2H3/b9-4+. The van der Waals surface area contributed by atoms with Gasteiger partial charge in [0.15, 0.2) is 5.88 Å². The molecule has 1 heterocycles. The molecule has 2 rings (SSSR count). The molecule has 15 heavy (non-hydrogen) atoms. The zero-order valence-electron chi connectivity index (χ0n) is 9.10. The van der Waals surface area contributed by atoms with Crippen LogP contribution in [0.3, 0.4) is 0 Å². The van der Waals surface area contributed by atoms with Gasteiger partial charge in [-0.1, -0.05) is 31.2 Å². The number of hydrogen-bond donors (Lipinski definition) is 0. The van der Waals surface area contributed by atoms with Crippen molar-refractivity contribution in [3.63, 3.8) is 0 Å².